The number of halogens is 3. The van der Waals surface area contributed by atoms with Crippen LogP contribution in [0.25, 0.3) is 0 Å². The molecule has 0 aliphatic rings. The van der Waals surface area contributed by atoms with Gasteiger partial charge in [-0.3, -0.25) is 0 Å². The third-order valence-electron chi connectivity index (χ3n) is 1.56. The molecule has 0 spiro atoms. The van der Waals surface area contributed by atoms with Crippen molar-refractivity contribution in [1.29, 1.82) is 0 Å². The molecule has 0 saturated heterocycles. The number of carbonyl (C=O) groups is 1. The van der Waals surface area contributed by atoms with E-state index < -0.39 is 23.7 Å². The molecule has 13 heavy (non-hydrogen) atoms. The van der Waals surface area contributed by atoms with Crippen molar-refractivity contribution in [1.82, 2.24) is 0 Å². The van der Waals surface area contributed by atoms with Gasteiger partial charge < -0.3 is 4.74 Å². The van der Waals surface area contributed by atoms with Gasteiger partial charge in [0.2, 0.25) is 0 Å². The van der Waals surface area contributed by atoms with Gasteiger partial charge in [0, 0.05) is 11.8 Å². The third kappa shape index (κ3) is 4.41. The first-order valence-corrected chi connectivity index (χ1v) is 4.48. The number of hydrogen-bond donors (Lipinski definition) is 0. The molecule has 0 radical (unpaired) electrons. The molecule has 0 aliphatic carbocycles. The van der Waals surface area contributed by atoms with Gasteiger partial charge in [-0.1, -0.05) is 13.3 Å². The fraction of sp³-hybridized carbons (Fsp3) is 0.875. The van der Waals surface area contributed by atoms with Gasteiger partial charge in [0.1, 0.15) is 0 Å². The van der Waals surface area contributed by atoms with Crippen molar-refractivity contribution in [3.8, 4) is 0 Å². The highest BCUT2D eigenvalue weighted by molar-refractivity contribution is 6.20. The summed E-state index contributed by atoms with van der Waals surface area (Å²) in [6.45, 7) is 1.84. The SMILES string of the molecule is CCCC(Cl)CC(F)(F)C(=O)OC. The Kier molecular flexibility index (Phi) is 5.21. The molecule has 5 heteroatoms. The average Bonchev–Trinajstić information content (AvgIpc) is 2.02. The van der Waals surface area contributed by atoms with E-state index in [2.05, 4.69) is 4.74 Å². The molecule has 0 aromatic heterocycles. The number of alkyl halides is 3. The summed E-state index contributed by atoms with van der Waals surface area (Å²) < 4.78 is 29.6. The Hall–Kier alpha value is -0.380. The molecule has 0 fully saturated rings. The van der Waals surface area contributed by atoms with Crippen LogP contribution >= 0.6 is 11.6 Å². The van der Waals surface area contributed by atoms with E-state index in [0.717, 1.165) is 7.11 Å². The van der Waals surface area contributed by atoms with Crippen molar-refractivity contribution in [3.63, 3.8) is 0 Å². The highest BCUT2D eigenvalue weighted by Gasteiger charge is 2.41. The molecular formula is C8H13ClF2O2. The Morgan fingerprint density at radius 2 is 2.15 bits per heavy atom. The maximum absolute atomic E-state index is 12.8. The molecule has 0 N–H and O–H groups in total. The van der Waals surface area contributed by atoms with Crippen molar-refractivity contribution >= 4 is 17.6 Å². The minimum absolute atomic E-state index is 0.466. The van der Waals surface area contributed by atoms with Gasteiger partial charge in [0.15, 0.2) is 0 Å². The van der Waals surface area contributed by atoms with Crippen molar-refractivity contribution in [3.05, 3.63) is 0 Å². The predicted molar refractivity (Wildman–Crippen MR) is 46.1 cm³/mol. The van der Waals surface area contributed by atoms with Crippen LogP contribution in [0, 0.1) is 0 Å². The van der Waals surface area contributed by atoms with E-state index in [4.69, 9.17) is 11.6 Å². The minimum Gasteiger partial charge on any atom is -0.465 e. The van der Waals surface area contributed by atoms with Crippen molar-refractivity contribution in [2.24, 2.45) is 0 Å². The summed E-state index contributed by atoms with van der Waals surface area (Å²) in [5.74, 6) is -4.98. The number of rotatable bonds is 5. The summed E-state index contributed by atoms with van der Waals surface area (Å²) in [4.78, 5) is 10.5. The maximum atomic E-state index is 12.8. The molecule has 0 saturated carbocycles. The molecule has 0 aliphatic heterocycles. The Bertz CT molecular complexity index is 174. The van der Waals surface area contributed by atoms with Crippen LogP contribution in [0.1, 0.15) is 26.2 Å². The lowest BCUT2D eigenvalue weighted by atomic mass is 10.1. The van der Waals surface area contributed by atoms with Crippen LogP contribution in [-0.2, 0) is 9.53 Å². The van der Waals surface area contributed by atoms with Crippen LogP contribution in [0.3, 0.4) is 0 Å². The van der Waals surface area contributed by atoms with Crippen LogP contribution in [0.5, 0.6) is 0 Å². The zero-order valence-corrected chi connectivity index (χ0v) is 8.40. The van der Waals surface area contributed by atoms with Crippen LogP contribution < -0.4 is 0 Å². The number of hydrogen-bond acceptors (Lipinski definition) is 2. The van der Waals surface area contributed by atoms with E-state index >= 15 is 0 Å². The second kappa shape index (κ2) is 5.37. The minimum atomic E-state index is -3.46. The largest absolute Gasteiger partial charge is 0.465 e. The lowest BCUT2D eigenvalue weighted by Crippen LogP contribution is -2.32. The van der Waals surface area contributed by atoms with Crippen molar-refractivity contribution in [2.45, 2.75) is 37.5 Å². The molecule has 0 heterocycles. The highest BCUT2D eigenvalue weighted by atomic mass is 35.5. The standard InChI is InChI=1S/C8H13ClF2O2/c1-3-4-6(9)5-8(10,11)7(12)13-2/h6H,3-5H2,1-2H3. The van der Waals surface area contributed by atoms with E-state index in [1.165, 1.54) is 0 Å². The molecule has 2 nitrogen and oxygen atoms in total. The van der Waals surface area contributed by atoms with Crippen LogP contribution in [-0.4, -0.2) is 24.4 Å². The Morgan fingerprint density at radius 1 is 1.62 bits per heavy atom. The Labute approximate surface area is 81.2 Å². The van der Waals surface area contributed by atoms with Gasteiger partial charge in [-0.25, -0.2) is 4.79 Å². The van der Waals surface area contributed by atoms with Gasteiger partial charge >= 0.3 is 11.9 Å². The molecule has 0 aromatic carbocycles. The van der Waals surface area contributed by atoms with E-state index in [1.807, 2.05) is 6.92 Å². The number of ether oxygens (including phenoxy) is 1. The molecule has 78 valence electrons. The Balaban J connectivity index is 4.07. The number of esters is 1. The highest BCUT2D eigenvalue weighted by Crippen LogP contribution is 2.26. The van der Waals surface area contributed by atoms with Crippen LogP contribution in [0.15, 0.2) is 0 Å². The zero-order chi connectivity index (χ0) is 10.5. The predicted octanol–water partition coefficient (Wildman–Crippen LogP) is 2.59. The lowest BCUT2D eigenvalue weighted by Gasteiger charge is -2.16. The molecule has 1 atom stereocenters. The third-order valence-corrected chi connectivity index (χ3v) is 1.94. The summed E-state index contributed by atoms with van der Waals surface area (Å²) in [6.07, 6.45) is 0.522. The number of methoxy groups -OCH3 is 1. The summed E-state index contributed by atoms with van der Waals surface area (Å²) in [6, 6.07) is 0. The Morgan fingerprint density at radius 3 is 2.54 bits per heavy atom. The normalized spacial score (nSPS) is 13.9. The van der Waals surface area contributed by atoms with Crippen molar-refractivity contribution < 1.29 is 18.3 Å². The van der Waals surface area contributed by atoms with Crippen molar-refractivity contribution in [2.75, 3.05) is 7.11 Å². The second-order valence-corrected chi connectivity index (χ2v) is 3.40. The van der Waals surface area contributed by atoms with Crippen LogP contribution in [0.4, 0.5) is 8.78 Å². The van der Waals surface area contributed by atoms with E-state index in [0.29, 0.717) is 12.8 Å². The maximum Gasteiger partial charge on any atom is 0.376 e. The fourth-order valence-corrected chi connectivity index (χ4v) is 1.34. The molecular weight excluding hydrogens is 202 g/mol. The zero-order valence-electron chi connectivity index (χ0n) is 7.65. The number of carbonyl (C=O) groups excluding carboxylic acids is 1. The van der Waals surface area contributed by atoms with Gasteiger partial charge in [-0.2, -0.15) is 8.78 Å². The molecule has 0 bridgehead atoms. The van der Waals surface area contributed by atoms with E-state index in [9.17, 15) is 13.6 Å². The first-order chi connectivity index (χ1) is 5.94. The van der Waals surface area contributed by atoms with E-state index in [1.54, 1.807) is 0 Å². The molecule has 0 rings (SSSR count). The quantitative estimate of drug-likeness (QED) is 0.520. The summed E-state index contributed by atoms with van der Waals surface area (Å²) in [5.41, 5.74) is 0. The summed E-state index contributed by atoms with van der Waals surface area (Å²) in [5, 5.41) is -0.681. The molecule has 0 aromatic rings. The smallest absolute Gasteiger partial charge is 0.376 e. The van der Waals surface area contributed by atoms with Gasteiger partial charge in [0.25, 0.3) is 0 Å². The molecule has 1 unspecified atom stereocenters. The summed E-state index contributed by atoms with van der Waals surface area (Å²) in [7, 11) is 0.930. The molecule has 0 amide bonds. The first-order valence-electron chi connectivity index (χ1n) is 4.04. The second-order valence-electron chi connectivity index (χ2n) is 2.79. The van der Waals surface area contributed by atoms with Crippen LogP contribution in [0.2, 0.25) is 0 Å². The topological polar surface area (TPSA) is 26.3 Å². The first kappa shape index (κ1) is 12.6. The van der Waals surface area contributed by atoms with Gasteiger partial charge in [0.05, 0.1) is 7.11 Å². The van der Waals surface area contributed by atoms with E-state index in [-0.39, 0.29) is 0 Å². The van der Waals surface area contributed by atoms with Gasteiger partial charge in [-0.15, -0.1) is 11.6 Å². The monoisotopic (exact) mass is 214 g/mol. The fourth-order valence-electron chi connectivity index (χ4n) is 0.926. The lowest BCUT2D eigenvalue weighted by molar-refractivity contribution is -0.169. The average molecular weight is 215 g/mol. The summed E-state index contributed by atoms with van der Waals surface area (Å²) >= 11 is 5.58. The van der Waals surface area contributed by atoms with Gasteiger partial charge in [-0.05, 0) is 6.42 Å².